The van der Waals surface area contributed by atoms with E-state index in [2.05, 4.69) is 15.1 Å². The van der Waals surface area contributed by atoms with Crippen LogP contribution in [0.3, 0.4) is 0 Å². The first-order valence-electron chi connectivity index (χ1n) is 4.83. The molecule has 0 atom stereocenters. The lowest BCUT2D eigenvalue weighted by Crippen LogP contribution is -2.23. The molecule has 0 amide bonds. The summed E-state index contributed by atoms with van der Waals surface area (Å²) in [6, 6.07) is 0. The van der Waals surface area contributed by atoms with Crippen LogP contribution in [-0.4, -0.2) is 19.7 Å². The molecule has 0 radical (unpaired) electrons. The summed E-state index contributed by atoms with van der Waals surface area (Å²) in [7, 11) is 0. The first-order valence-corrected chi connectivity index (χ1v) is 6.29. The van der Waals surface area contributed by atoms with Gasteiger partial charge in [0, 0.05) is 6.42 Å². The first-order chi connectivity index (χ1) is 8.11. The van der Waals surface area contributed by atoms with Crippen LogP contribution in [-0.2, 0) is 13.0 Å². The van der Waals surface area contributed by atoms with Gasteiger partial charge in [-0.1, -0.05) is 23.7 Å². The van der Waals surface area contributed by atoms with Gasteiger partial charge in [-0.15, -0.1) is 0 Å². The highest BCUT2D eigenvalue weighted by atomic mass is 127. The minimum Gasteiger partial charge on any atom is -0.337 e. The summed E-state index contributed by atoms with van der Waals surface area (Å²) in [6.45, 7) is 2.12. The van der Waals surface area contributed by atoms with Gasteiger partial charge in [-0.3, -0.25) is 9.36 Å². The van der Waals surface area contributed by atoms with Gasteiger partial charge in [0.25, 0.3) is 5.56 Å². The van der Waals surface area contributed by atoms with E-state index in [1.165, 1.54) is 10.9 Å². The molecule has 0 aliphatic heterocycles. The zero-order chi connectivity index (χ0) is 12.4. The van der Waals surface area contributed by atoms with Gasteiger partial charge in [-0.2, -0.15) is 4.98 Å². The molecule has 0 fully saturated rings. The van der Waals surface area contributed by atoms with E-state index in [1.54, 1.807) is 0 Å². The molecule has 90 valence electrons. The number of aromatic nitrogens is 4. The predicted octanol–water partition coefficient (Wildman–Crippen LogP) is 1.49. The number of hydrogen-bond donors (Lipinski definition) is 0. The topological polar surface area (TPSA) is 73.8 Å². The second-order valence-corrected chi connectivity index (χ2v) is 4.68. The van der Waals surface area contributed by atoms with Crippen molar-refractivity contribution in [1.29, 1.82) is 0 Å². The van der Waals surface area contributed by atoms with Crippen molar-refractivity contribution in [2.75, 3.05) is 0 Å². The summed E-state index contributed by atoms with van der Waals surface area (Å²) < 4.78 is 6.75. The van der Waals surface area contributed by atoms with Crippen molar-refractivity contribution in [3.8, 4) is 0 Å². The van der Waals surface area contributed by atoms with Crippen LogP contribution in [0.4, 0.5) is 0 Å². The largest absolute Gasteiger partial charge is 0.337 e. The fourth-order valence-electron chi connectivity index (χ4n) is 1.20. The Hall–Kier alpha value is -0.960. The third kappa shape index (κ3) is 2.65. The van der Waals surface area contributed by atoms with E-state index in [4.69, 9.17) is 16.1 Å². The molecular weight excluding hydrogens is 358 g/mol. The Morgan fingerprint density at radius 3 is 3.00 bits per heavy atom. The van der Waals surface area contributed by atoms with E-state index < -0.39 is 0 Å². The van der Waals surface area contributed by atoms with E-state index in [0.717, 1.165) is 0 Å². The predicted molar refractivity (Wildman–Crippen MR) is 69.0 cm³/mol. The zero-order valence-corrected chi connectivity index (χ0v) is 11.8. The van der Waals surface area contributed by atoms with E-state index in [1.807, 2.05) is 29.5 Å². The average Bonchev–Trinajstić information content (AvgIpc) is 2.78. The maximum absolute atomic E-state index is 11.8. The highest BCUT2D eigenvalue weighted by Crippen LogP contribution is 2.10. The molecule has 2 rings (SSSR count). The van der Waals surface area contributed by atoms with Crippen molar-refractivity contribution in [2.45, 2.75) is 19.9 Å². The van der Waals surface area contributed by atoms with Crippen molar-refractivity contribution in [2.24, 2.45) is 0 Å². The molecule has 0 aromatic carbocycles. The summed E-state index contributed by atoms with van der Waals surface area (Å²) in [4.78, 5) is 19.8. The third-order valence-electron chi connectivity index (χ3n) is 2.07. The fraction of sp³-hybridized carbons (Fsp3) is 0.333. The molecular formula is C9H8ClIN4O2. The Kier molecular flexibility index (Phi) is 3.77. The molecule has 6 nitrogen and oxygen atoms in total. The molecule has 0 aliphatic rings. The third-order valence-corrected chi connectivity index (χ3v) is 3.65. The van der Waals surface area contributed by atoms with Gasteiger partial charge in [-0.05, 0) is 22.6 Å². The Morgan fingerprint density at radius 1 is 1.59 bits per heavy atom. The summed E-state index contributed by atoms with van der Waals surface area (Å²) in [5.74, 6) is 0.994. The summed E-state index contributed by atoms with van der Waals surface area (Å²) >= 11 is 7.59. The van der Waals surface area contributed by atoms with Gasteiger partial charge >= 0.3 is 0 Å². The van der Waals surface area contributed by atoms with E-state index in [-0.39, 0.29) is 17.3 Å². The van der Waals surface area contributed by atoms with Crippen LogP contribution >= 0.6 is 34.2 Å². The fourth-order valence-corrected chi connectivity index (χ4v) is 1.77. The molecule has 0 N–H and O–H groups in total. The average molecular weight is 367 g/mol. The molecule has 0 aliphatic carbocycles. The van der Waals surface area contributed by atoms with Crippen LogP contribution in [0.15, 0.2) is 15.6 Å². The van der Waals surface area contributed by atoms with Crippen molar-refractivity contribution in [3.63, 3.8) is 0 Å². The van der Waals surface area contributed by atoms with E-state index in [9.17, 15) is 4.79 Å². The smallest absolute Gasteiger partial charge is 0.268 e. The minimum atomic E-state index is -0.221. The van der Waals surface area contributed by atoms with Crippen molar-refractivity contribution < 1.29 is 4.52 Å². The quantitative estimate of drug-likeness (QED) is 0.608. The van der Waals surface area contributed by atoms with Crippen LogP contribution < -0.4 is 5.56 Å². The van der Waals surface area contributed by atoms with Crippen LogP contribution in [0.2, 0.25) is 5.15 Å². The highest BCUT2D eigenvalue weighted by Gasteiger charge is 2.10. The molecule has 2 heterocycles. The maximum atomic E-state index is 11.8. The lowest BCUT2D eigenvalue weighted by Gasteiger charge is -2.02. The second-order valence-electron chi connectivity index (χ2n) is 3.24. The number of hydrogen-bond acceptors (Lipinski definition) is 5. The summed E-state index contributed by atoms with van der Waals surface area (Å²) in [6.07, 6.45) is 2.05. The van der Waals surface area contributed by atoms with Gasteiger partial charge in [0.15, 0.2) is 5.82 Å². The zero-order valence-electron chi connectivity index (χ0n) is 8.85. The van der Waals surface area contributed by atoms with E-state index in [0.29, 0.717) is 21.7 Å². The summed E-state index contributed by atoms with van der Waals surface area (Å²) in [5, 5.41) is 3.95. The van der Waals surface area contributed by atoms with E-state index >= 15 is 0 Å². The van der Waals surface area contributed by atoms with Gasteiger partial charge in [0.2, 0.25) is 5.89 Å². The number of aryl methyl sites for hydroxylation is 1. The molecule has 8 heteroatoms. The molecule has 2 aromatic rings. The summed E-state index contributed by atoms with van der Waals surface area (Å²) in [5.41, 5.74) is -0.221. The molecule has 0 unspecified atom stereocenters. The Labute approximate surface area is 115 Å². The van der Waals surface area contributed by atoms with Gasteiger partial charge in [0.1, 0.15) is 15.3 Å². The number of rotatable bonds is 3. The monoisotopic (exact) mass is 366 g/mol. The molecule has 2 aromatic heterocycles. The van der Waals surface area contributed by atoms with Crippen molar-refractivity contribution in [3.05, 3.63) is 37.1 Å². The molecule has 17 heavy (non-hydrogen) atoms. The van der Waals surface area contributed by atoms with Gasteiger partial charge < -0.3 is 4.52 Å². The van der Waals surface area contributed by atoms with Crippen molar-refractivity contribution >= 4 is 34.2 Å². The molecule has 0 spiro atoms. The Morgan fingerprint density at radius 2 is 2.35 bits per heavy atom. The van der Waals surface area contributed by atoms with Gasteiger partial charge in [0.05, 0.1) is 6.33 Å². The van der Waals surface area contributed by atoms with Crippen LogP contribution in [0.25, 0.3) is 0 Å². The van der Waals surface area contributed by atoms with Crippen LogP contribution in [0, 0.1) is 3.57 Å². The normalized spacial score (nSPS) is 10.8. The SMILES string of the molecule is CCc1noc(Cn2cnc(Cl)c(I)c2=O)n1. The standard InChI is InChI=1S/C9H8ClIN4O2/c1-2-5-13-6(17-14-5)3-15-4-12-8(10)7(11)9(15)16/h4H,2-3H2,1H3. The Balaban J connectivity index is 2.30. The van der Waals surface area contributed by atoms with Crippen molar-refractivity contribution in [1.82, 2.24) is 19.7 Å². The lowest BCUT2D eigenvalue weighted by molar-refractivity contribution is 0.364. The van der Waals surface area contributed by atoms with Crippen LogP contribution in [0.1, 0.15) is 18.6 Å². The lowest BCUT2D eigenvalue weighted by atomic mass is 10.5. The second kappa shape index (κ2) is 5.13. The van der Waals surface area contributed by atoms with Crippen LogP contribution in [0.5, 0.6) is 0 Å². The Bertz CT molecular complexity index is 595. The molecule has 0 saturated heterocycles. The molecule has 0 bridgehead atoms. The highest BCUT2D eigenvalue weighted by molar-refractivity contribution is 14.1. The number of halogens is 2. The minimum absolute atomic E-state index is 0.200. The molecule has 0 saturated carbocycles. The maximum Gasteiger partial charge on any atom is 0.268 e. The first kappa shape index (κ1) is 12.5. The number of nitrogens with zero attached hydrogens (tertiary/aromatic N) is 4. The van der Waals surface area contributed by atoms with Gasteiger partial charge in [-0.25, -0.2) is 4.98 Å².